The average Bonchev–Trinajstić information content (AvgIpc) is 2.54. The van der Waals surface area contributed by atoms with E-state index >= 15 is 0 Å². The van der Waals surface area contributed by atoms with Gasteiger partial charge >= 0.3 is 0 Å². The van der Waals surface area contributed by atoms with Crippen LogP contribution in [0.3, 0.4) is 0 Å². The molecule has 1 aliphatic heterocycles. The van der Waals surface area contributed by atoms with Crippen LogP contribution in [0.1, 0.15) is 51.6 Å². The molecule has 1 heterocycles. The number of nitrogens with zero attached hydrogens (tertiary/aromatic N) is 1. The Balaban J connectivity index is 1.95. The smallest absolute Gasteiger partial charge is 0.234 e. The molecule has 4 heteroatoms. The number of aliphatic hydroxyl groups excluding tert-OH is 1. The molecule has 2 unspecified atom stereocenters. The van der Waals surface area contributed by atoms with E-state index in [1.54, 1.807) is 0 Å². The molecule has 0 aliphatic carbocycles. The molecule has 2 N–H and O–H groups in total. The summed E-state index contributed by atoms with van der Waals surface area (Å²) in [5.41, 5.74) is 1.09. The predicted molar refractivity (Wildman–Crippen MR) is 97.6 cm³/mol. The second kappa shape index (κ2) is 8.63. The predicted octanol–water partition coefficient (Wildman–Crippen LogP) is 2.98. The number of aliphatic hydroxyl groups is 1. The summed E-state index contributed by atoms with van der Waals surface area (Å²) in [5.74, 6) is 0.592. The molecule has 1 aromatic carbocycles. The molecule has 1 aliphatic rings. The molecule has 1 fully saturated rings. The van der Waals surface area contributed by atoms with Crippen LogP contribution in [0.4, 0.5) is 0 Å². The van der Waals surface area contributed by atoms with Crippen molar-refractivity contribution in [1.82, 2.24) is 10.2 Å². The van der Waals surface area contributed by atoms with E-state index in [0.29, 0.717) is 12.5 Å². The molecule has 134 valence electrons. The summed E-state index contributed by atoms with van der Waals surface area (Å²) in [6.07, 6.45) is 3.00. The minimum Gasteiger partial charge on any atom is -0.396 e. The van der Waals surface area contributed by atoms with Crippen LogP contribution in [0, 0.1) is 11.3 Å². The van der Waals surface area contributed by atoms with Crippen molar-refractivity contribution >= 4 is 5.91 Å². The Morgan fingerprint density at radius 3 is 2.67 bits per heavy atom. The summed E-state index contributed by atoms with van der Waals surface area (Å²) in [6, 6.07) is 10.3. The summed E-state index contributed by atoms with van der Waals surface area (Å²) in [6.45, 7) is 8.78. The van der Waals surface area contributed by atoms with Gasteiger partial charge in [0.2, 0.25) is 5.91 Å². The first kappa shape index (κ1) is 18.9. The van der Waals surface area contributed by atoms with Crippen molar-refractivity contribution in [3.05, 3.63) is 35.9 Å². The summed E-state index contributed by atoms with van der Waals surface area (Å²) in [7, 11) is 0. The van der Waals surface area contributed by atoms with Crippen molar-refractivity contribution in [2.24, 2.45) is 11.3 Å². The van der Waals surface area contributed by atoms with Gasteiger partial charge < -0.3 is 10.4 Å². The van der Waals surface area contributed by atoms with Crippen molar-refractivity contribution in [3.8, 4) is 0 Å². The summed E-state index contributed by atoms with van der Waals surface area (Å²) in [4.78, 5) is 14.7. The maximum absolute atomic E-state index is 12.6. The maximum Gasteiger partial charge on any atom is 0.234 e. The first-order valence-corrected chi connectivity index (χ1v) is 9.09. The van der Waals surface area contributed by atoms with Crippen molar-refractivity contribution < 1.29 is 9.90 Å². The Bertz CT molecular complexity index is 518. The molecule has 1 aromatic rings. The van der Waals surface area contributed by atoms with E-state index < -0.39 is 0 Å². The second-order valence-corrected chi connectivity index (χ2v) is 7.94. The first-order chi connectivity index (χ1) is 11.4. The number of hydrogen-bond donors (Lipinski definition) is 2. The van der Waals surface area contributed by atoms with Crippen LogP contribution in [0.2, 0.25) is 0 Å². The standard InChI is InChI=1S/C20H32N2O2/c1-16(2)12-18(17-8-5-4-6-9-17)21-19(24)13-22-11-7-10-20(3,14-22)15-23/h4-6,8-9,16,18,23H,7,10-15H2,1-3H3,(H,21,24). The van der Waals surface area contributed by atoms with Crippen molar-refractivity contribution in [2.75, 3.05) is 26.2 Å². The number of nitrogens with one attached hydrogen (secondary N) is 1. The van der Waals surface area contributed by atoms with Crippen molar-refractivity contribution in [2.45, 2.75) is 46.1 Å². The van der Waals surface area contributed by atoms with E-state index in [9.17, 15) is 9.90 Å². The molecule has 0 radical (unpaired) electrons. The van der Waals surface area contributed by atoms with Crippen molar-refractivity contribution in [1.29, 1.82) is 0 Å². The van der Waals surface area contributed by atoms with E-state index in [1.165, 1.54) is 5.56 Å². The third kappa shape index (κ3) is 5.60. The Hall–Kier alpha value is -1.39. The third-order valence-corrected chi connectivity index (χ3v) is 4.85. The monoisotopic (exact) mass is 332 g/mol. The zero-order chi connectivity index (χ0) is 17.6. The fourth-order valence-corrected chi connectivity index (χ4v) is 3.57. The van der Waals surface area contributed by atoms with Gasteiger partial charge in [-0.2, -0.15) is 0 Å². The van der Waals surface area contributed by atoms with Crippen LogP contribution in [0.15, 0.2) is 30.3 Å². The Morgan fingerprint density at radius 1 is 1.33 bits per heavy atom. The van der Waals surface area contributed by atoms with Gasteiger partial charge in [0.15, 0.2) is 0 Å². The van der Waals surface area contributed by atoms with E-state index in [4.69, 9.17) is 0 Å². The van der Waals surface area contributed by atoms with Crippen LogP contribution in [-0.2, 0) is 4.79 Å². The summed E-state index contributed by atoms with van der Waals surface area (Å²) in [5, 5.41) is 12.8. The molecule has 2 atom stereocenters. The van der Waals surface area contributed by atoms with Crippen LogP contribution in [0.25, 0.3) is 0 Å². The topological polar surface area (TPSA) is 52.6 Å². The van der Waals surface area contributed by atoms with Crippen LogP contribution >= 0.6 is 0 Å². The second-order valence-electron chi connectivity index (χ2n) is 7.94. The third-order valence-electron chi connectivity index (χ3n) is 4.85. The van der Waals surface area contributed by atoms with E-state index in [1.807, 2.05) is 18.2 Å². The van der Waals surface area contributed by atoms with Gasteiger partial charge in [-0.1, -0.05) is 51.1 Å². The van der Waals surface area contributed by atoms with Gasteiger partial charge in [-0.25, -0.2) is 0 Å². The van der Waals surface area contributed by atoms with Crippen molar-refractivity contribution in [3.63, 3.8) is 0 Å². The molecule has 24 heavy (non-hydrogen) atoms. The number of carbonyl (C=O) groups excluding carboxylic acids is 1. The highest BCUT2D eigenvalue weighted by atomic mass is 16.3. The lowest BCUT2D eigenvalue weighted by Crippen LogP contribution is -2.48. The normalized spacial score (nSPS) is 23.2. The molecule has 2 rings (SSSR count). The zero-order valence-corrected chi connectivity index (χ0v) is 15.3. The van der Waals surface area contributed by atoms with Gasteiger partial charge in [-0.05, 0) is 37.3 Å². The van der Waals surface area contributed by atoms with Gasteiger partial charge in [-0.15, -0.1) is 0 Å². The van der Waals surface area contributed by atoms with E-state index in [-0.39, 0.29) is 24.0 Å². The average molecular weight is 332 g/mol. The number of likely N-dealkylation sites (tertiary alicyclic amines) is 1. The number of benzene rings is 1. The van der Waals surface area contributed by atoms with E-state index in [2.05, 4.69) is 43.1 Å². The zero-order valence-electron chi connectivity index (χ0n) is 15.3. The molecule has 0 aromatic heterocycles. The highest BCUT2D eigenvalue weighted by Gasteiger charge is 2.31. The number of rotatable bonds is 7. The molecule has 0 spiro atoms. The van der Waals surface area contributed by atoms with E-state index in [0.717, 1.165) is 32.4 Å². The van der Waals surface area contributed by atoms with Crippen LogP contribution < -0.4 is 5.32 Å². The number of amides is 1. The number of piperidine rings is 1. The lowest BCUT2D eigenvalue weighted by Gasteiger charge is -2.39. The molecule has 0 bridgehead atoms. The van der Waals surface area contributed by atoms with Gasteiger partial charge in [0.1, 0.15) is 0 Å². The molecule has 0 saturated carbocycles. The minimum atomic E-state index is -0.0741. The quantitative estimate of drug-likeness (QED) is 0.807. The Morgan fingerprint density at radius 2 is 2.04 bits per heavy atom. The van der Waals surface area contributed by atoms with Gasteiger partial charge in [0, 0.05) is 18.6 Å². The Kier molecular flexibility index (Phi) is 6.81. The lowest BCUT2D eigenvalue weighted by molar-refractivity contribution is -0.124. The highest BCUT2D eigenvalue weighted by Crippen LogP contribution is 2.28. The fourth-order valence-electron chi connectivity index (χ4n) is 3.57. The molecule has 1 saturated heterocycles. The van der Waals surface area contributed by atoms with Gasteiger partial charge in [0.05, 0.1) is 12.6 Å². The molecule has 4 nitrogen and oxygen atoms in total. The Labute approximate surface area is 146 Å². The fraction of sp³-hybridized carbons (Fsp3) is 0.650. The molecule has 1 amide bonds. The SMILES string of the molecule is CC(C)CC(NC(=O)CN1CCCC(C)(CO)C1)c1ccccc1. The van der Waals surface area contributed by atoms with Gasteiger partial charge in [-0.3, -0.25) is 9.69 Å². The van der Waals surface area contributed by atoms with Crippen LogP contribution in [0.5, 0.6) is 0 Å². The summed E-state index contributed by atoms with van der Waals surface area (Å²) < 4.78 is 0. The highest BCUT2D eigenvalue weighted by molar-refractivity contribution is 5.78. The summed E-state index contributed by atoms with van der Waals surface area (Å²) >= 11 is 0. The number of hydrogen-bond acceptors (Lipinski definition) is 3. The van der Waals surface area contributed by atoms with Crippen LogP contribution in [-0.4, -0.2) is 42.2 Å². The lowest BCUT2D eigenvalue weighted by atomic mass is 9.83. The molecular formula is C20H32N2O2. The number of carbonyl (C=O) groups is 1. The maximum atomic E-state index is 12.6. The van der Waals surface area contributed by atoms with Gasteiger partial charge in [0.25, 0.3) is 0 Å². The molecular weight excluding hydrogens is 300 g/mol. The minimum absolute atomic E-state index is 0.0627. The largest absolute Gasteiger partial charge is 0.396 e. The first-order valence-electron chi connectivity index (χ1n) is 9.09.